The Balaban J connectivity index is 1.39. The Morgan fingerprint density at radius 1 is 1.09 bits per heavy atom. The maximum atomic E-state index is 14.3. The number of benzene rings is 2. The van der Waals surface area contributed by atoms with Gasteiger partial charge in [-0.25, -0.2) is 8.78 Å². The van der Waals surface area contributed by atoms with Crippen molar-refractivity contribution in [1.29, 1.82) is 0 Å². The van der Waals surface area contributed by atoms with Crippen LogP contribution in [-0.4, -0.2) is 54.6 Å². The number of nitrogens with zero attached hydrogens (tertiary/aromatic N) is 2. The second-order valence-electron chi connectivity index (χ2n) is 9.12. The topological polar surface area (TPSA) is 32.8 Å². The monoisotopic (exact) mass is 442 g/mol. The Hall–Kier alpha value is -2.31. The molecule has 0 N–H and O–H groups in total. The zero-order valence-corrected chi connectivity index (χ0v) is 18.7. The molecule has 0 spiro atoms. The van der Waals surface area contributed by atoms with E-state index in [1.807, 2.05) is 0 Å². The van der Waals surface area contributed by atoms with Gasteiger partial charge in [-0.15, -0.1) is 0 Å². The van der Waals surface area contributed by atoms with Crippen LogP contribution in [0, 0.1) is 24.5 Å². The van der Waals surface area contributed by atoms with Crippen LogP contribution in [0.3, 0.4) is 0 Å². The van der Waals surface area contributed by atoms with E-state index in [9.17, 15) is 13.6 Å². The van der Waals surface area contributed by atoms with Crippen molar-refractivity contribution in [1.82, 2.24) is 9.80 Å². The molecule has 0 unspecified atom stereocenters. The third-order valence-electron chi connectivity index (χ3n) is 6.74. The molecular formula is C26H32F2N2O2. The van der Waals surface area contributed by atoms with Crippen LogP contribution in [0.2, 0.25) is 0 Å². The van der Waals surface area contributed by atoms with Gasteiger partial charge in [0.05, 0.1) is 11.7 Å². The van der Waals surface area contributed by atoms with Crippen molar-refractivity contribution in [3.63, 3.8) is 0 Å². The first-order valence-corrected chi connectivity index (χ1v) is 11.6. The van der Waals surface area contributed by atoms with Crippen molar-refractivity contribution in [3.05, 3.63) is 70.8 Å². The number of ether oxygens (including phenoxy) is 1. The molecule has 2 heterocycles. The van der Waals surface area contributed by atoms with E-state index in [0.717, 1.165) is 57.5 Å². The highest BCUT2D eigenvalue weighted by Crippen LogP contribution is 2.24. The lowest BCUT2D eigenvalue weighted by Crippen LogP contribution is -2.43. The van der Waals surface area contributed by atoms with Gasteiger partial charge in [0.15, 0.2) is 0 Å². The molecule has 0 aromatic heterocycles. The molecule has 6 heteroatoms. The summed E-state index contributed by atoms with van der Waals surface area (Å²) in [6, 6.07) is 11.6. The highest BCUT2D eigenvalue weighted by molar-refractivity contribution is 5.94. The standard InChI is InChI=1S/C26H32F2N2O2/c1-19-5-2-3-6-21(19)17-29-12-10-20(11-13-29)16-30(18-23-7-4-14-32-23)26(31)24-9-8-22(27)15-25(24)28/h2-3,5-6,8-9,15,20,23H,4,7,10-14,16-18H2,1H3/t23-/m1/s1. The van der Waals surface area contributed by atoms with Gasteiger partial charge in [0.1, 0.15) is 11.6 Å². The van der Waals surface area contributed by atoms with E-state index < -0.39 is 11.6 Å². The van der Waals surface area contributed by atoms with Gasteiger partial charge in [-0.1, -0.05) is 24.3 Å². The molecule has 1 atom stereocenters. The lowest BCUT2D eigenvalue weighted by Gasteiger charge is -2.36. The first-order valence-electron chi connectivity index (χ1n) is 11.6. The van der Waals surface area contributed by atoms with Gasteiger partial charge in [-0.05, 0) is 74.9 Å². The molecule has 32 heavy (non-hydrogen) atoms. The van der Waals surface area contributed by atoms with Gasteiger partial charge in [-0.2, -0.15) is 0 Å². The summed E-state index contributed by atoms with van der Waals surface area (Å²) in [7, 11) is 0. The third kappa shape index (κ3) is 5.73. The molecule has 0 radical (unpaired) electrons. The van der Waals surface area contributed by atoms with Gasteiger partial charge >= 0.3 is 0 Å². The average molecular weight is 443 g/mol. The van der Waals surface area contributed by atoms with Crippen LogP contribution in [0.15, 0.2) is 42.5 Å². The summed E-state index contributed by atoms with van der Waals surface area (Å²) in [6.07, 6.45) is 3.86. The fourth-order valence-corrected chi connectivity index (χ4v) is 4.77. The van der Waals surface area contributed by atoms with E-state index in [2.05, 4.69) is 36.1 Å². The number of rotatable bonds is 7. The molecule has 0 aliphatic carbocycles. The molecule has 2 aliphatic heterocycles. The number of halogens is 2. The van der Waals surface area contributed by atoms with Crippen molar-refractivity contribution in [2.75, 3.05) is 32.8 Å². The minimum absolute atomic E-state index is 0.0106. The zero-order valence-electron chi connectivity index (χ0n) is 18.7. The number of likely N-dealkylation sites (tertiary alicyclic amines) is 1. The predicted octanol–water partition coefficient (Wildman–Crippen LogP) is 4.81. The Morgan fingerprint density at radius 3 is 2.56 bits per heavy atom. The van der Waals surface area contributed by atoms with Crippen LogP contribution in [0.5, 0.6) is 0 Å². The van der Waals surface area contributed by atoms with Crippen LogP contribution in [0.25, 0.3) is 0 Å². The lowest BCUT2D eigenvalue weighted by atomic mass is 9.95. The Morgan fingerprint density at radius 2 is 1.88 bits per heavy atom. The van der Waals surface area contributed by atoms with Crippen LogP contribution in [0.1, 0.15) is 47.2 Å². The fraction of sp³-hybridized carbons (Fsp3) is 0.500. The molecule has 172 valence electrons. The van der Waals surface area contributed by atoms with Gasteiger partial charge in [0.25, 0.3) is 5.91 Å². The maximum absolute atomic E-state index is 14.3. The number of hydrogen-bond acceptors (Lipinski definition) is 3. The summed E-state index contributed by atoms with van der Waals surface area (Å²) in [5.74, 6) is -1.50. The summed E-state index contributed by atoms with van der Waals surface area (Å²) >= 11 is 0. The smallest absolute Gasteiger partial charge is 0.256 e. The molecule has 1 amide bonds. The molecule has 2 aromatic carbocycles. The Bertz CT molecular complexity index is 922. The fourth-order valence-electron chi connectivity index (χ4n) is 4.77. The molecule has 2 fully saturated rings. The van der Waals surface area contributed by atoms with E-state index >= 15 is 0 Å². The van der Waals surface area contributed by atoms with E-state index in [1.54, 1.807) is 4.90 Å². The molecule has 0 saturated carbocycles. The Labute approximate surface area is 189 Å². The molecule has 2 aliphatic rings. The number of amides is 1. The van der Waals surface area contributed by atoms with E-state index in [-0.39, 0.29) is 17.6 Å². The first-order chi connectivity index (χ1) is 15.5. The highest BCUT2D eigenvalue weighted by Gasteiger charge is 2.29. The molecule has 2 saturated heterocycles. The number of carbonyl (C=O) groups excluding carboxylic acids is 1. The SMILES string of the molecule is Cc1ccccc1CN1CCC(CN(C[C@H]2CCCO2)C(=O)c2ccc(F)cc2F)CC1. The quantitative estimate of drug-likeness (QED) is 0.617. The third-order valence-corrected chi connectivity index (χ3v) is 6.74. The Kier molecular flexibility index (Phi) is 7.53. The number of carbonyl (C=O) groups is 1. The predicted molar refractivity (Wildman–Crippen MR) is 120 cm³/mol. The number of piperidine rings is 1. The normalized spacial score (nSPS) is 19.9. The van der Waals surface area contributed by atoms with E-state index in [1.165, 1.54) is 17.2 Å². The van der Waals surface area contributed by atoms with Crippen molar-refractivity contribution in [2.24, 2.45) is 5.92 Å². The number of hydrogen-bond donors (Lipinski definition) is 0. The lowest BCUT2D eigenvalue weighted by molar-refractivity contribution is 0.0441. The minimum atomic E-state index is -0.805. The summed E-state index contributed by atoms with van der Waals surface area (Å²) in [4.78, 5) is 17.4. The van der Waals surface area contributed by atoms with Crippen LogP contribution in [-0.2, 0) is 11.3 Å². The van der Waals surface area contributed by atoms with Crippen molar-refractivity contribution in [3.8, 4) is 0 Å². The van der Waals surface area contributed by atoms with Gasteiger partial charge < -0.3 is 9.64 Å². The van der Waals surface area contributed by atoms with Crippen molar-refractivity contribution < 1.29 is 18.3 Å². The zero-order chi connectivity index (χ0) is 22.5. The molecule has 4 rings (SSSR count). The maximum Gasteiger partial charge on any atom is 0.256 e. The largest absolute Gasteiger partial charge is 0.376 e. The second kappa shape index (κ2) is 10.5. The van der Waals surface area contributed by atoms with Crippen molar-refractivity contribution in [2.45, 2.75) is 45.3 Å². The summed E-state index contributed by atoms with van der Waals surface area (Å²) < 4.78 is 33.4. The van der Waals surface area contributed by atoms with Crippen LogP contribution in [0.4, 0.5) is 8.78 Å². The molecule has 4 nitrogen and oxygen atoms in total. The van der Waals surface area contributed by atoms with E-state index in [0.29, 0.717) is 25.6 Å². The van der Waals surface area contributed by atoms with Gasteiger partial charge in [-0.3, -0.25) is 9.69 Å². The molecule has 2 aromatic rings. The highest BCUT2D eigenvalue weighted by atomic mass is 19.1. The minimum Gasteiger partial charge on any atom is -0.376 e. The van der Waals surface area contributed by atoms with Crippen LogP contribution < -0.4 is 0 Å². The summed E-state index contributed by atoms with van der Waals surface area (Å²) in [5.41, 5.74) is 2.60. The first kappa shape index (κ1) is 22.9. The number of aryl methyl sites for hydroxylation is 1. The van der Waals surface area contributed by atoms with E-state index in [4.69, 9.17) is 4.74 Å². The van der Waals surface area contributed by atoms with Crippen LogP contribution >= 0.6 is 0 Å². The summed E-state index contributed by atoms with van der Waals surface area (Å²) in [6.45, 7) is 6.78. The van der Waals surface area contributed by atoms with Gasteiger partial charge in [0, 0.05) is 32.3 Å². The average Bonchev–Trinajstić information content (AvgIpc) is 3.29. The van der Waals surface area contributed by atoms with Gasteiger partial charge in [0.2, 0.25) is 0 Å². The second-order valence-corrected chi connectivity index (χ2v) is 9.12. The molecular weight excluding hydrogens is 410 g/mol. The summed E-state index contributed by atoms with van der Waals surface area (Å²) in [5, 5.41) is 0. The molecule has 0 bridgehead atoms. The van der Waals surface area contributed by atoms with Crippen molar-refractivity contribution >= 4 is 5.91 Å².